The third-order valence-electron chi connectivity index (χ3n) is 0.816. The predicted molar refractivity (Wildman–Crippen MR) is 25.1 cm³/mol. The van der Waals surface area contributed by atoms with Gasteiger partial charge in [0.15, 0.2) is 0 Å². The zero-order chi connectivity index (χ0) is 4.28. The molecule has 0 fully saturated rings. The molecule has 0 aliphatic heterocycles. The van der Waals surface area contributed by atoms with Crippen LogP contribution in [0.15, 0.2) is 0 Å². The molecule has 0 amide bonds. The quantitative estimate of drug-likeness (QED) is 0.639. The summed E-state index contributed by atoms with van der Waals surface area (Å²) in [5.41, 5.74) is 0. The van der Waals surface area contributed by atoms with Crippen LogP contribution in [0.2, 0.25) is 0 Å². The van der Waals surface area contributed by atoms with Crippen molar-refractivity contribution in [3.05, 3.63) is 0 Å². The van der Waals surface area contributed by atoms with Gasteiger partial charge in [-0.1, -0.05) is 27.2 Å². The number of rotatable bonds is 1. The average molecular weight is 269 g/mol. The Morgan fingerprint density at radius 1 is 1.33 bits per heavy atom. The van der Waals surface area contributed by atoms with Crippen LogP contribution in [0.5, 0.6) is 0 Å². The molecule has 0 heterocycles. The van der Waals surface area contributed by atoms with Crippen LogP contribution in [0.3, 0.4) is 0 Å². The van der Waals surface area contributed by atoms with E-state index in [1.807, 2.05) is 0 Å². The van der Waals surface area contributed by atoms with Crippen molar-refractivity contribution in [2.75, 3.05) is 0 Å². The molecule has 0 aliphatic rings. The van der Waals surface area contributed by atoms with E-state index < -0.39 is 0 Å². The van der Waals surface area contributed by atoms with Crippen molar-refractivity contribution in [3.63, 3.8) is 0 Å². The van der Waals surface area contributed by atoms with E-state index in [0.717, 1.165) is 5.92 Å². The monoisotopic (exact) mass is 269 g/mol. The molecule has 6 heavy (non-hydrogen) atoms. The third-order valence-corrected chi connectivity index (χ3v) is 0.816. The molecule has 0 saturated heterocycles. The smallest absolute Gasteiger partial charge is 0 e. The van der Waals surface area contributed by atoms with Crippen molar-refractivity contribution in [1.29, 1.82) is 0 Å². The van der Waals surface area contributed by atoms with Gasteiger partial charge in [0, 0.05) is 22.4 Å². The molecule has 0 atom stereocenters. The summed E-state index contributed by atoms with van der Waals surface area (Å²) in [7, 11) is 0. The Labute approximate surface area is 55.8 Å². The van der Waals surface area contributed by atoms with E-state index in [2.05, 4.69) is 20.8 Å². The minimum atomic E-state index is 0. The van der Waals surface area contributed by atoms with Crippen LogP contribution < -0.4 is 0 Å². The van der Waals surface area contributed by atoms with Gasteiger partial charge in [0.25, 0.3) is 0 Å². The summed E-state index contributed by atoms with van der Waals surface area (Å²) in [6, 6.07) is 0. The van der Waals surface area contributed by atoms with Crippen molar-refractivity contribution in [2.45, 2.75) is 27.2 Å². The molecule has 1 radical (unpaired) electrons. The number of hydrogen-bond acceptors (Lipinski definition) is 0. The SMILES string of the molecule is CCC(C)C.[Au]. The molecule has 0 aromatic carbocycles. The summed E-state index contributed by atoms with van der Waals surface area (Å²) >= 11 is 0. The molecule has 0 nitrogen and oxygen atoms in total. The van der Waals surface area contributed by atoms with Crippen LogP contribution in [0.4, 0.5) is 0 Å². The molecule has 0 N–H and O–H groups in total. The van der Waals surface area contributed by atoms with Gasteiger partial charge in [-0.2, -0.15) is 0 Å². The fraction of sp³-hybridized carbons (Fsp3) is 1.00. The van der Waals surface area contributed by atoms with Crippen molar-refractivity contribution >= 4 is 0 Å². The molecule has 0 bridgehead atoms. The fourth-order valence-corrected chi connectivity index (χ4v) is 0. The Morgan fingerprint density at radius 2 is 1.50 bits per heavy atom. The van der Waals surface area contributed by atoms with E-state index in [9.17, 15) is 0 Å². The van der Waals surface area contributed by atoms with Crippen molar-refractivity contribution in [1.82, 2.24) is 0 Å². The molecule has 0 unspecified atom stereocenters. The molecule has 0 rings (SSSR count). The zero-order valence-corrected chi connectivity index (χ0v) is 6.75. The Hall–Kier alpha value is 0.740. The first-order valence-electron chi connectivity index (χ1n) is 2.27. The van der Waals surface area contributed by atoms with Crippen LogP contribution >= 0.6 is 0 Å². The average Bonchev–Trinajstić information content (AvgIpc) is 1.38. The van der Waals surface area contributed by atoms with Crippen molar-refractivity contribution in [3.8, 4) is 0 Å². The van der Waals surface area contributed by atoms with E-state index in [0.29, 0.717) is 0 Å². The molecule has 43 valence electrons. The normalized spacial score (nSPS) is 8.00. The Balaban J connectivity index is 0. The molecular weight excluding hydrogens is 257 g/mol. The van der Waals surface area contributed by atoms with Gasteiger partial charge in [-0.15, -0.1) is 0 Å². The summed E-state index contributed by atoms with van der Waals surface area (Å²) in [5, 5.41) is 0. The van der Waals surface area contributed by atoms with E-state index >= 15 is 0 Å². The summed E-state index contributed by atoms with van der Waals surface area (Å²) in [6.07, 6.45) is 1.31. The summed E-state index contributed by atoms with van der Waals surface area (Å²) in [4.78, 5) is 0. The van der Waals surface area contributed by atoms with Gasteiger partial charge in [-0.05, 0) is 5.92 Å². The number of hydrogen-bond donors (Lipinski definition) is 0. The molecule has 1 heteroatoms. The van der Waals surface area contributed by atoms with E-state index in [1.54, 1.807) is 0 Å². The van der Waals surface area contributed by atoms with Gasteiger partial charge in [0.1, 0.15) is 0 Å². The first-order valence-corrected chi connectivity index (χ1v) is 2.27. The van der Waals surface area contributed by atoms with Crippen LogP contribution in [-0.4, -0.2) is 0 Å². The van der Waals surface area contributed by atoms with E-state index in [4.69, 9.17) is 0 Å². The first kappa shape index (κ1) is 9.88. The molecule has 0 aromatic heterocycles. The van der Waals surface area contributed by atoms with E-state index in [-0.39, 0.29) is 22.4 Å². The van der Waals surface area contributed by atoms with Crippen molar-refractivity contribution in [2.24, 2.45) is 5.92 Å². The zero-order valence-electron chi connectivity index (χ0n) is 4.59. The maximum Gasteiger partial charge on any atom is 0 e. The third kappa shape index (κ3) is 8.83. The molecule has 0 aromatic rings. The largest absolute Gasteiger partial charge is 0.0651 e. The summed E-state index contributed by atoms with van der Waals surface area (Å²) in [5.74, 6) is 0.884. The van der Waals surface area contributed by atoms with Crippen LogP contribution in [-0.2, 0) is 22.4 Å². The summed E-state index contributed by atoms with van der Waals surface area (Å²) < 4.78 is 0. The van der Waals surface area contributed by atoms with Crippen LogP contribution in [0.1, 0.15) is 27.2 Å². The van der Waals surface area contributed by atoms with Gasteiger partial charge >= 0.3 is 0 Å². The Kier molecular flexibility index (Phi) is 9.46. The maximum atomic E-state index is 2.22. The topological polar surface area (TPSA) is 0 Å². The second-order valence-electron chi connectivity index (χ2n) is 1.80. The van der Waals surface area contributed by atoms with Crippen LogP contribution in [0, 0.1) is 5.92 Å². The second kappa shape index (κ2) is 5.74. The minimum absolute atomic E-state index is 0. The standard InChI is InChI=1S/C5H12.Au/c1-4-5(2)3;/h5H,4H2,1-3H3;. The van der Waals surface area contributed by atoms with Crippen molar-refractivity contribution < 1.29 is 22.4 Å². The van der Waals surface area contributed by atoms with Gasteiger partial charge in [-0.25, -0.2) is 0 Å². The predicted octanol–water partition coefficient (Wildman–Crippen LogP) is 2.05. The maximum absolute atomic E-state index is 2.22. The minimum Gasteiger partial charge on any atom is -0.0651 e. The van der Waals surface area contributed by atoms with Crippen LogP contribution in [0.25, 0.3) is 0 Å². The molecule has 0 aliphatic carbocycles. The second-order valence-corrected chi connectivity index (χ2v) is 1.80. The Bertz CT molecular complexity index is 17.9. The molecule has 0 saturated carbocycles. The van der Waals surface area contributed by atoms with Gasteiger partial charge < -0.3 is 0 Å². The van der Waals surface area contributed by atoms with Gasteiger partial charge in [0.2, 0.25) is 0 Å². The van der Waals surface area contributed by atoms with E-state index in [1.165, 1.54) is 6.42 Å². The fourth-order valence-electron chi connectivity index (χ4n) is 0. The molecule has 0 spiro atoms. The molecular formula is C5H12Au. The summed E-state index contributed by atoms with van der Waals surface area (Å²) in [6.45, 7) is 6.64. The Morgan fingerprint density at radius 3 is 1.50 bits per heavy atom. The van der Waals surface area contributed by atoms with Gasteiger partial charge in [0.05, 0.1) is 0 Å². The first-order chi connectivity index (χ1) is 2.27. The van der Waals surface area contributed by atoms with Gasteiger partial charge in [-0.3, -0.25) is 0 Å².